The van der Waals surface area contributed by atoms with Gasteiger partial charge in [-0.3, -0.25) is 9.69 Å². The van der Waals surface area contributed by atoms with Gasteiger partial charge in [-0.1, -0.05) is 18.2 Å². The van der Waals surface area contributed by atoms with Gasteiger partial charge in [0.2, 0.25) is 5.91 Å². The molecule has 1 unspecified atom stereocenters. The third kappa shape index (κ3) is 4.65. The summed E-state index contributed by atoms with van der Waals surface area (Å²) in [5.41, 5.74) is 2.42. The predicted molar refractivity (Wildman–Crippen MR) is 107 cm³/mol. The number of rotatable bonds is 8. The van der Waals surface area contributed by atoms with Gasteiger partial charge < -0.3 is 15.6 Å². The summed E-state index contributed by atoms with van der Waals surface area (Å²) in [6.45, 7) is 5.88. The topological polar surface area (TPSA) is 60.2 Å². The molecule has 1 atom stereocenters. The summed E-state index contributed by atoms with van der Waals surface area (Å²) in [4.78, 5) is 18.1. The van der Waals surface area contributed by atoms with Gasteiger partial charge >= 0.3 is 0 Å². The van der Waals surface area contributed by atoms with Crippen molar-refractivity contribution in [3.63, 3.8) is 0 Å². The average molecular weight is 357 g/mol. The van der Waals surface area contributed by atoms with Crippen molar-refractivity contribution in [2.24, 2.45) is 5.92 Å². The van der Waals surface area contributed by atoms with E-state index in [0.717, 1.165) is 37.5 Å². The van der Waals surface area contributed by atoms with Crippen LogP contribution in [0.4, 0.5) is 0 Å². The van der Waals surface area contributed by atoms with Gasteiger partial charge in [-0.05, 0) is 76.8 Å². The normalized spacial score (nSPS) is 17.5. The quantitative estimate of drug-likeness (QED) is 0.681. The number of carbonyl (C=O) groups is 1. The highest BCUT2D eigenvalue weighted by Gasteiger charge is 2.26. The Morgan fingerprint density at radius 2 is 2.04 bits per heavy atom. The summed E-state index contributed by atoms with van der Waals surface area (Å²) in [6.07, 6.45) is 6.56. The van der Waals surface area contributed by atoms with Crippen LogP contribution < -0.4 is 10.6 Å². The van der Waals surface area contributed by atoms with Crippen LogP contribution in [0.2, 0.25) is 0 Å². The van der Waals surface area contributed by atoms with E-state index in [1.807, 2.05) is 20.0 Å². The monoisotopic (exact) mass is 356 g/mol. The molecule has 0 aliphatic carbocycles. The van der Waals surface area contributed by atoms with E-state index in [1.54, 1.807) is 0 Å². The van der Waals surface area contributed by atoms with Gasteiger partial charge in [-0.15, -0.1) is 0 Å². The first-order chi connectivity index (χ1) is 12.7. The lowest BCUT2D eigenvalue weighted by Gasteiger charge is -2.35. The smallest absolute Gasteiger partial charge is 0.237 e. The third-order valence-corrected chi connectivity index (χ3v) is 5.75. The Labute approximate surface area is 156 Å². The Kier molecular flexibility index (Phi) is 6.69. The van der Waals surface area contributed by atoms with Crippen LogP contribution in [0.5, 0.6) is 0 Å². The molecule has 1 aromatic carbocycles. The van der Waals surface area contributed by atoms with Crippen molar-refractivity contribution in [1.82, 2.24) is 20.5 Å². The number of H-pyrrole nitrogens is 1. The van der Waals surface area contributed by atoms with Crippen molar-refractivity contribution < 1.29 is 4.79 Å². The molecular formula is C21H32N4O. The average Bonchev–Trinajstić information content (AvgIpc) is 3.09. The van der Waals surface area contributed by atoms with Crippen LogP contribution in [-0.4, -0.2) is 55.1 Å². The molecule has 0 spiro atoms. The summed E-state index contributed by atoms with van der Waals surface area (Å²) >= 11 is 0. The molecule has 5 nitrogen and oxygen atoms in total. The standard InChI is InChI=1S/C21H32N4O/c1-16(25-13-9-17(10-14-25)7-11-22-2)21(26)23-12-8-18-15-24-20-6-4-3-5-19(18)20/h3-6,15-17,22,24H,7-14H2,1-2H3,(H,23,26). The van der Waals surface area contributed by atoms with Crippen molar-refractivity contribution in [2.45, 2.75) is 38.6 Å². The molecular weight excluding hydrogens is 324 g/mol. The Bertz CT molecular complexity index is 703. The summed E-state index contributed by atoms with van der Waals surface area (Å²) < 4.78 is 0. The number of likely N-dealkylation sites (tertiary alicyclic amines) is 1. The molecule has 1 fully saturated rings. The van der Waals surface area contributed by atoms with Crippen LogP contribution in [0.1, 0.15) is 31.7 Å². The second-order valence-corrected chi connectivity index (χ2v) is 7.45. The minimum Gasteiger partial charge on any atom is -0.361 e. The number of piperidine rings is 1. The Hall–Kier alpha value is -1.85. The van der Waals surface area contributed by atoms with Crippen molar-refractivity contribution in [3.05, 3.63) is 36.0 Å². The van der Waals surface area contributed by atoms with Crippen LogP contribution in [0.15, 0.2) is 30.5 Å². The predicted octanol–water partition coefficient (Wildman–Crippen LogP) is 2.54. The number of carbonyl (C=O) groups excluding carboxylic acids is 1. The molecule has 0 bridgehead atoms. The van der Waals surface area contributed by atoms with Crippen LogP contribution in [0, 0.1) is 5.92 Å². The van der Waals surface area contributed by atoms with E-state index >= 15 is 0 Å². The van der Waals surface area contributed by atoms with Gasteiger partial charge in [0.05, 0.1) is 6.04 Å². The molecule has 3 N–H and O–H groups in total. The molecule has 5 heteroatoms. The number of hydrogen-bond donors (Lipinski definition) is 3. The highest BCUT2D eigenvalue weighted by atomic mass is 16.2. The summed E-state index contributed by atoms with van der Waals surface area (Å²) in [6, 6.07) is 8.26. The molecule has 1 amide bonds. The third-order valence-electron chi connectivity index (χ3n) is 5.75. The minimum atomic E-state index is -0.0387. The van der Waals surface area contributed by atoms with E-state index in [9.17, 15) is 4.79 Å². The van der Waals surface area contributed by atoms with Crippen LogP contribution >= 0.6 is 0 Å². The Morgan fingerprint density at radius 3 is 2.81 bits per heavy atom. The number of amides is 1. The van der Waals surface area contributed by atoms with E-state index in [4.69, 9.17) is 0 Å². The lowest BCUT2D eigenvalue weighted by molar-refractivity contribution is -0.126. The van der Waals surface area contributed by atoms with Gasteiger partial charge in [0.25, 0.3) is 0 Å². The van der Waals surface area contributed by atoms with Crippen LogP contribution in [-0.2, 0) is 11.2 Å². The molecule has 1 aliphatic rings. The zero-order valence-corrected chi connectivity index (χ0v) is 16.1. The van der Waals surface area contributed by atoms with E-state index in [1.165, 1.54) is 30.2 Å². The van der Waals surface area contributed by atoms with Gasteiger partial charge in [-0.2, -0.15) is 0 Å². The summed E-state index contributed by atoms with van der Waals surface area (Å²) in [5.74, 6) is 0.953. The Balaban J connectivity index is 1.42. The van der Waals surface area contributed by atoms with Crippen molar-refractivity contribution >= 4 is 16.8 Å². The first-order valence-electron chi connectivity index (χ1n) is 9.90. The van der Waals surface area contributed by atoms with Gasteiger partial charge in [0.1, 0.15) is 0 Å². The van der Waals surface area contributed by atoms with Gasteiger partial charge in [-0.25, -0.2) is 0 Å². The zero-order valence-electron chi connectivity index (χ0n) is 16.1. The van der Waals surface area contributed by atoms with Gasteiger partial charge in [0.15, 0.2) is 0 Å². The van der Waals surface area contributed by atoms with E-state index in [2.05, 4.69) is 44.9 Å². The van der Waals surface area contributed by atoms with Crippen LogP contribution in [0.3, 0.4) is 0 Å². The number of nitrogens with one attached hydrogen (secondary N) is 3. The maximum absolute atomic E-state index is 12.5. The fourth-order valence-electron chi connectivity index (χ4n) is 3.95. The lowest BCUT2D eigenvalue weighted by atomic mass is 9.93. The number of aromatic amines is 1. The highest BCUT2D eigenvalue weighted by Crippen LogP contribution is 2.21. The molecule has 1 saturated heterocycles. The first kappa shape index (κ1) is 18.9. The number of para-hydroxylation sites is 1. The number of hydrogen-bond acceptors (Lipinski definition) is 3. The summed E-state index contributed by atoms with van der Waals surface area (Å²) in [5, 5.41) is 7.61. The molecule has 26 heavy (non-hydrogen) atoms. The number of nitrogens with zero attached hydrogens (tertiary/aromatic N) is 1. The van der Waals surface area contributed by atoms with Gasteiger partial charge in [0, 0.05) is 23.6 Å². The maximum Gasteiger partial charge on any atom is 0.237 e. The fourth-order valence-corrected chi connectivity index (χ4v) is 3.95. The summed E-state index contributed by atoms with van der Waals surface area (Å²) in [7, 11) is 2.01. The molecule has 0 saturated carbocycles. The van der Waals surface area contributed by atoms with Crippen molar-refractivity contribution in [2.75, 3.05) is 33.2 Å². The highest BCUT2D eigenvalue weighted by molar-refractivity contribution is 5.83. The van der Waals surface area contributed by atoms with E-state index < -0.39 is 0 Å². The van der Waals surface area contributed by atoms with Crippen molar-refractivity contribution in [1.29, 1.82) is 0 Å². The molecule has 0 radical (unpaired) electrons. The largest absolute Gasteiger partial charge is 0.361 e. The Morgan fingerprint density at radius 1 is 1.27 bits per heavy atom. The first-order valence-corrected chi connectivity index (χ1v) is 9.90. The van der Waals surface area contributed by atoms with E-state index in [-0.39, 0.29) is 11.9 Å². The fraction of sp³-hybridized carbons (Fsp3) is 0.571. The maximum atomic E-state index is 12.5. The molecule has 142 valence electrons. The molecule has 3 rings (SSSR count). The number of benzene rings is 1. The minimum absolute atomic E-state index is 0.0387. The molecule has 2 heterocycles. The van der Waals surface area contributed by atoms with Crippen LogP contribution in [0.25, 0.3) is 10.9 Å². The SMILES string of the molecule is CNCCC1CCN(C(C)C(=O)NCCc2c[nH]c3ccccc23)CC1. The van der Waals surface area contributed by atoms with E-state index in [0.29, 0.717) is 6.54 Å². The number of fused-ring (bicyclic) bond motifs is 1. The molecule has 2 aromatic rings. The number of aromatic nitrogens is 1. The zero-order chi connectivity index (χ0) is 18.4. The molecule has 1 aliphatic heterocycles. The lowest BCUT2D eigenvalue weighted by Crippen LogP contribution is -2.48. The second-order valence-electron chi connectivity index (χ2n) is 7.45. The molecule has 1 aromatic heterocycles. The van der Waals surface area contributed by atoms with Crippen molar-refractivity contribution in [3.8, 4) is 0 Å². The second kappa shape index (κ2) is 9.19.